The summed E-state index contributed by atoms with van der Waals surface area (Å²) in [4.78, 5) is 12.3. The topological polar surface area (TPSA) is 52.7 Å². The van der Waals surface area contributed by atoms with Crippen molar-refractivity contribution in [3.05, 3.63) is 99.5 Å². The second kappa shape index (κ2) is 7.72. The normalized spacial score (nSPS) is 11.3. The molecule has 0 atom stereocenters. The highest BCUT2D eigenvalue weighted by Gasteiger charge is 2.11. The zero-order valence-corrected chi connectivity index (χ0v) is 16.7. The van der Waals surface area contributed by atoms with Crippen LogP contribution in [0.15, 0.2) is 71.5 Å². The fourth-order valence-corrected chi connectivity index (χ4v) is 3.32. The van der Waals surface area contributed by atoms with E-state index in [1.165, 1.54) is 26.1 Å². The molecule has 4 aromatic rings. The molecule has 29 heavy (non-hydrogen) atoms. The lowest BCUT2D eigenvalue weighted by molar-refractivity contribution is 0.693. The van der Waals surface area contributed by atoms with Crippen LogP contribution in [0.25, 0.3) is 29.0 Å². The van der Waals surface area contributed by atoms with Crippen LogP contribution in [-0.4, -0.2) is 19.8 Å². The molecule has 0 saturated carbocycles. The van der Waals surface area contributed by atoms with Crippen molar-refractivity contribution in [3.63, 3.8) is 0 Å². The van der Waals surface area contributed by atoms with Gasteiger partial charge >= 0.3 is 5.69 Å². The Morgan fingerprint density at radius 1 is 0.828 bits per heavy atom. The van der Waals surface area contributed by atoms with Gasteiger partial charge in [0, 0.05) is 12.6 Å². The third kappa shape index (κ3) is 3.80. The first-order valence-electron chi connectivity index (χ1n) is 9.47. The van der Waals surface area contributed by atoms with Gasteiger partial charge in [-0.3, -0.25) is 0 Å². The van der Waals surface area contributed by atoms with Crippen LogP contribution in [-0.2, 0) is 7.05 Å². The summed E-state index contributed by atoms with van der Waals surface area (Å²) in [6.07, 6.45) is 4.07. The Balaban J connectivity index is 1.66. The van der Waals surface area contributed by atoms with Crippen molar-refractivity contribution < 1.29 is 0 Å². The number of nitrogens with zero attached hydrogens (tertiary/aromatic N) is 4. The molecular weight excluding hydrogens is 360 g/mol. The van der Waals surface area contributed by atoms with Gasteiger partial charge in [-0.15, -0.1) is 0 Å². The van der Waals surface area contributed by atoms with E-state index in [-0.39, 0.29) is 5.69 Å². The fraction of sp³-hybridized carbons (Fsp3) is 0.125. The van der Waals surface area contributed by atoms with Crippen LogP contribution in [0.3, 0.4) is 0 Å². The fourth-order valence-electron chi connectivity index (χ4n) is 3.32. The van der Waals surface area contributed by atoms with Crippen molar-refractivity contribution in [3.8, 4) is 16.8 Å². The molecule has 0 fully saturated rings. The van der Waals surface area contributed by atoms with Crippen LogP contribution < -0.4 is 5.69 Å². The molecule has 1 heterocycles. The van der Waals surface area contributed by atoms with Crippen molar-refractivity contribution in [2.45, 2.75) is 13.8 Å². The summed E-state index contributed by atoms with van der Waals surface area (Å²) in [6, 6.07) is 22.7. The summed E-state index contributed by atoms with van der Waals surface area (Å²) in [5.41, 5.74) is 7.19. The standard InChI is InChI=1S/C24H22N4O/c1-17-6-4-8-21(16-17)20-13-10-19(11-14-20)12-15-22-18(2)7-5-9-23(22)28-24(29)27(3)25-26-28/h4-16H,1-3H3/b15-12+. The predicted octanol–water partition coefficient (Wildman–Crippen LogP) is 4.42. The van der Waals surface area contributed by atoms with Gasteiger partial charge in [0.1, 0.15) is 0 Å². The first-order chi connectivity index (χ1) is 14.0. The average Bonchev–Trinajstić information content (AvgIpc) is 3.06. The summed E-state index contributed by atoms with van der Waals surface area (Å²) in [6.45, 7) is 4.12. The van der Waals surface area contributed by atoms with Gasteiger partial charge in [0.05, 0.1) is 5.69 Å². The lowest BCUT2D eigenvalue weighted by Gasteiger charge is -2.08. The maximum absolute atomic E-state index is 12.3. The van der Waals surface area contributed by atoms with E-state index in [0.29, 0.717) is 0 Å². The SMILES string of the molecule is Cc1cccc(-c2ccc(/C=C/c3c(C)cccc3-n3nnn(C)c3=O)cc2)c1. The van der Waals surface area contributed by atoms with Crippen LogP contribution in [0.1, 0.15) is 22.3 Å². The number of hydrogen-bond acceptors (Lipinski definition) is 3. The van der Waals surface area contributed by atoms with Crippen molar-refractivity contribution in [1.29, 1.82) is 0 Å². The van der Waals surface area contributed by atoms with E-state index in [1.807, 2.05) is 37.3 Å². The van der Waals surface area contributed by atoms with Gasteiger partial charge in [-0.2, -0.15) is 9.36 Å². The van der Waals surface area contributed by atoms with Gasteiger partial charge in [0.25, 0.3) is 0 Å². The quantitative estimate of drug-likeness (QED) is 0.491. The van der Waals surface area contributed by atoms with E-state index in [1.54, 1.807) is 7.05 Å². The molecule has 0 aliphatic heterocycles. The molecule has 3 aromatic carbocycles. The van der Waals surface area contributed by atoms with Crippen molar-refractivity contribution in [1.82, 2.24) is 19.8 Å². The molecule has 0 aliphatic carbocycles. The molecule has 1 aromatic heterocycles. The molecule has 0 radical (unpaired) electrons. The first kappa shape index (κ1) is 18.6. The van der Waals surface area contributed by atoms with Crippen LogP contribution in [0.4, 0.5) is 0 Å². The smallest absolute Gasteiger partial charge is 0.244 e. The number of benzene rings is 3. The van der Waals surface area contributed by atoms with Crippen LogP contribution >= 0.6 is 0 Å². The molecule has 0 amide bonds. The molecule has 0 N–H and O–H groups in total. The number of aryl methyl sites for hydroxylation is 3. The molecule has 0 bridgehead atoms. The third-order valence-corrected chi connectivity index (χ3v) is 4.96. The average molecular weight is 382 g/mol. The van der Waals surface area contributed by atoms with E-state index in [2.05, 4.69) is 65.9 Å². The second-order valence-corrected chi connectivity index (χ2v) is 7.13. The Morgan fingerprint density at radius 3 is 2.28 bits per heavy atom. The Bertz CT molecular complexity index is 1250. The predicted molar refractivity (Wildman–Crippen MR) is 117 cm³/mol. The van der Waals surface area contributed by atoms with Crippen LogP contribution in [0.2, 0.25) is 0 Å². The van der Waals surface area contributed by atoms with E-state index in [0.717, 1.165) is 22.4 Å². The van der Waals surface area contributed by atoms with E-state index >= 15 is 0 Å². The molecular formula is C24H22N4O. The number of rotatable bonds is 4. The third-order valence-electron chi connectivity index (χ3n) is 4.96. The second-order valence-electron chi connectivity index (χ2n) is 7.13. The molecule has 0 spiro atoms. The highest BCUT2D eigenvalue weighted by molar-refractivity contribution is 5.76. The van der Waals surface area contributed by atoms with Crippen molar-refractivity contribution in [2.75, 3.05) is 0 Å². The van der Waals surface area contributed by atoms with E-state index in [9.17, 15) is 4.79 Å². The molecule has 5 heteroatoms. The minimum atomic E-state index is -0.271. The molecule has 144 valence electrons. The summed E-state index contributed by atoms with van der Waals surface area (Å²) < 4.78 is 2.55. The van der Waals surface area contributed by atoms with Gasteiger partial charge in [-0.05, 0) is 52.6 Å². The molecule has 4 rings (SSSR count). The molecule has 5 nitrogen and oxygen atoms in total. The van der Waals surface area contributed by atoms with Gasteiger partial charge in [-0.25, -0.2) is 4.79 Å². The summed E-state index contributed by atoms with van der Waals surface area (Å²) in [7, 11) is 1.59. The van der Waals surface area contributed by atoms with Crippen LogP contribution in [0.5, 0.6) is 0 Å². The van der Waals surface area contributed by atoms with E-state index in [4.69, 9.17) is 0 Å². The van der Waals surface area contributed by atoms with Crippen molar-refractivity contribution >= 4 is 12.2 Å². The summed E-state index contributed by atoms with van der Waals surface area (Å²) in [5, 5.41) is 7.80. The van der Waals surface area contributed by atoms with E-state index < -0.39 is 0 Å². The lowest BCUT2D eigenvalue weighted by atomic mass is 10.0. The number of aromatic nitrogens is 4. The number of hydrogen-bond donors (Lipinski definition) is 0. The lowest BCUT2D eigenvalue weighted by Crippen LogP contribution is -2.22. The van der Waals surface area contributed by atoms with Crippen molar-refractivity contribution in [2.24, 2.45) is 7.05 Å². The Labute approximate surface area is 169 Å². The van der Waals surface area contributed by atoms with Gasteiger partial charge < -0.3 is 0 Å². The maximum atomic E-state index is 12.3. The summed E-state index contributed by atoms with van der Waals surface area (Å²) in [5.74, 6) is 0. The minimum absolute atomic E-state index is 0.271. The number of tetrazole rings is 1. The highest BCUT2D eigenvalue weighted by Crippen LogP contribution is 2.23. The highest BCUT2D eigenvalue weighted by atomic mass is 16.2. The zero-order valence-electron chi connectivity index (χ0n) is 16.7. The Kier molecular flexibility index (Phi) is 4.96. The summed E-state index contributed by atoms with van der Waals surface area (Å²) >= 11 is 0. The van der Waals surface area contributed by atoms with Gasteiger partial charge in [0.15, 0.2) is 0 Å². The van der Waals surface area contributed by atoms with Gasteiger partial charge in [0.2, 0.25) is 0 Å². The molecule has 0 unspecified atom stereocenters. The molecule has 0 saturated heterocycles. The van der Waals surface area contributed by atoms with Crippen LogP contribution in [0, 0.1) is 13.8 Å². The largest absolute Gasteiger partial charge is 0.368 e. The monoisotopic (exact) mass is 382 g/mol. The van der Waals surface area contributed by atoms with Gasteiger partial charge in [-0.1, -0.05) is 78.4 Å². The minimum Gasteiger partial charge on any atom is -0.244 e. The Morgan fingerprint density at radius 2 is 1.59 bits per heavy atom. The Hall–Kier alpha value is -3.73. The first-order valence-corrected chi connectivity index (χ1v) is 9.47. The zero-order chi connectivity index (χ0) is 20.4. The molecule has 0 aliphatic rings. The maximum Gasteiger partial charge on any atom is 0.368 e.